The number of benzene rings is 1. The largest absolute Gasteiger partial charge is 0.488 e. The molecule has 1 aromatic carbocycles. The molecular weight excluding hydrogens is 269 g/mol. The number of aliphatic hydroxyl groups is 1. The highest BCUT2D eigenvalue weighted by atomic mass is 19.1. The number of para-hydroxylation sites is 1. The second-order valence-electron chi connectivity index (χ2n) is 5.37. The predicted octanol–water partition coefficient (Wildman–Crippen LogP) is 3.52. The molecule has 0 amide bonds. The summed E-state index contributed by atoms with van der Waals surface area (Å²) in [5.41, 5.74) is 0. The second kappa shape index (κ2) is 11.5. The first-order valence-corrected chi connectivity index (χ1v) is 8.00. The van der Waals surface area contributed by atoms with Crippen LogP contribution < -0.4 is 10.1 Å². The number of ether oxygens (including phenoxy) is 1. The van der Waals surface area contributed by atoms with Crippen molar-refractivity contribution in [3.8, 4) is 5.75 Å². The van der Waals surface area contributed by atoms with Gasteiger partial charge in [-0.25, -0.2) is 4.39 Å². The van der Waals surface area contributed by atoms with E-state index in [0.29, 0.717) is 6.54 Å². The Morgan fingerprint density at radius 2 is 1.86 bits per heavy atom. The molecule has 1 aromatic rings. The van der Waals surface area contributed by atoms with Crippen LogP contribution in [0.25, 0.3) is 0 Å². The molecule has 0 radical (unpaired) electrons. The first kappa shape index (κ1) is 17.9. The molecule has 1 atom stereocenters. The summed E-state index contributed by atoms with van der Waals surface area (Å²) in [6.45, 7) is 3.70. The van der Waals surface area contributed by atoms with Crippen molar-refractivity contribution in [1.82, 2.24) is 5.32 Å². The average Bonchev–Trinajstić information content (AvgIpc) is 2.49. The van der Waals surface area contributed by atoms with E-state index < -0.39 is 11.9 Å². The van der Waals surface area contributed by atoms with Crippen LogP contribution in [0.5, 0.6) is 5.75 Å². The molecule has 0 fully saturated rings. The van der Waals surface area contributed by atoms with Gasteiger partial charge in [-0.15, -0.1) is 0 Å². The molecule has 0 aromatic heterocycles. The summed E-state index contributed by atoms with van der Waals surface area (Å²) in [6, 6.07) is 6.23. The van der Waals surface area contributed by atoms with E-state index >= 15 is 0 Å². The lowest BCUT2D eigenvalue weighted by Gasteiger charge is -2.13. The van der Waals surface area contributed by atoms with Crippen molar-refractivity contribution < 1.29 is 14.2 Å². The van der Waals surface area contributed by atoms with Gasteiger partial charge in [0.25, 0.3) is 0 Å². The van der Waals surface area contributed by atoms with Gasteiger partial charge in [0.05, 0.1) is 0 Å². The van der Waals surface area contributed by atoms with Crippen LogP contribution in [0.15, 0.2) is 24.3 Å². The van der Waals surface area contributed by atoms with Gasteiger partial charge >= 0.3 is 0 Å². The molecule has 120 valence electrons. The fourth-order valence-electron chi connectivity index (χ4n) is 2.11. The zero-order chi connectivity index (χ0) is 15.3. The van der Waals surface area contributed by atoms with E-state index in [1.54, 1.807) is 18.2 Å². The highest BCUT2D eigenvalue weighted by Gasteiger charge is 2.07. The monoisotopic (exact) mass is 297 g/mol. The van der Waals surface area contributed by atoms with Gasteiger partial charge in [-0.1, -0.05) is 51.2 Å². The Morgan fingerprint density at radius 1 is 1.14 bits per heavy atom. The van der Waals surface area contributed by atoms with E-state index in [9.17, 15) is 9.50 Å². The molecular formula is C17H28FNO2. The van der Waals surface area contributed by atoms with Crippen LogP contribution in [-0.2, 0) is 0 Å². The van der Waals surface area contributed by atoms with Gasteiger partial charge in [0.1, 0.15) is 12.7 Å². The molecule has 0 aliphatic rings. The summed E-state index contributed by atoms with van der Waals surface area (Å²) in [5, 5.41) is 13.0. The second-order valence-corrected chi connectivity index (χ2v) is 5.37. The van der Waals surface area contributed by atoms with E-state index in [4.69, 9.17) is 4.74 Å². The molecule has 0 aliphatic heterocycles. The number of hydrogen-bond acceptors (Lipinski definition) is 3. The van der Waals surface area contributed by atoms with Gasteiger partial charge in [0.15, 0.2) is 11.6 Å². The van der Waals surface area contributed by atoms with Crippen LogP contribution in [-0.4, -0.2) is 30.9 Å². The number of rotatable bonds is 12. The van der Waals surface area contributed by atoms with Crippen molar-refractivity contribution in [2.75, 3.05) is 19.7 Å². The number of halogens is 1. The lowest BCUT2D eigenvalue weighted by molar-refractivity contribution is 0.104. The first-order valence-electron chi connectivity index (χ1n) is 8.00. The standard InChI is InChI=1S/C17H28FNO2/c1-2-3-4-5-6-9-12-19-13-15(20)14-21-17-11-8-7-10-16(17)18/h7-8,10-11,15,19-20H,2-6,9,12-14H2,1H3. The zero-order valence-corrected chi connectivity index (χ0v) is 13.0. The van der Waals surface area contributed by atoms with Gasteiger partial charge in [-0.2, -0.15) is 0 Å². The number of nitrogens with one attached hydrogen (secondary N) is 1. The van der Waals surface area contributed by atoms with Gasteiger partial charge in [-0.05, 0) is 25.1 Å². The lowest BCUT2D eigenvalue weighted by atomic mass is 10.1. The van der Waals surface area contributed by atoms with Crippen LogP contribution in [0.1, 0.15) is 45.4 Å². The minimum absolute atomic E-state index is 0.102. The topological polar surface area (TPSA) is 41.5 Å². The normalized spacial score (nSPS) is 12.3. The Kier molecular flexibility index (Phi) is 9.83. The van der Waals surface area contributed by atoms with Crippen molar-refractivity contribution in [2.24, 2.45) is 0 Å². The van der Waals surface area contributed by atoms with Crippen LogP contribution in [0.4, 0.5) is 4.39 Å². The lowest BCUT2D eigenvalue weighted by Crippen LogP contribution is -2.32. The van der Waals surface area contributed by atoms with Crippen LogP contribution in [0.3, 0.4) is 0 Å². The Balaban J connectivity index is 1.99. The molecule has 3 nitrogen and oxygen atoms in total. The predicted molar refractivity (Wildman–Crippen MR) is 84.1 cm³/mol. The Morgan fingerprint density at radius 3 is 2.62 bits per heavy atom. The minimum Gasteiger partial charge on any atom is -0.488 e. The summed E-state index contributed by atoms with van der Waals surface area (Å²) >= 11 is 0. The summed E-state index contributed by atoms with van der Waals surface area (Å²) in [7, 11) is 0. The van der Waals surface area contributed by atoms with Gasteiger partial charge in [0.2, 0.25) is 0 Å². The average molecular weight is 297 g/mol. The van der Waals surface area contributed by atoms with Crippen LogP contribution in [0.2, 0.25) is 0 Å². The molecule has 2 N–H and O–H groups in total. The van der Waals surface area contributed by atoms with Crippen LogP contribution in [0, 0.1) is 5.82 Å². The van der Waals surface area contributed by atoms with Crippen molar-refractivity contribution in [1.29, 1.82) is 0 Å². The highest BCUT2D eigenvalue weighted by molar-refractivity contribution is 5.23. The van der Waals surface area contributed by atoms with Crippen molar-refractivity contribution >= 4 is 0 Å². The molecule has 0 saturated carbocycles. The van der Waals surface area contributed by atoms with Gasteiger partial charge in [0, 0.05) is 6.54 Å². The minimum atomic E-state index is -0.621. The van der Waals surface area contributed by atoms with Crippen molar-refractivity contribution in [3.05, 3.63) is 30.1 Å². The third-order valence-electron chi connectivity index (χ3n) is 3.35. The molecule has 0 aliphatic carbocycles. The zero-order valence-electron chi connectivity index (χ0n) is 13.0. The van der Waals surface area contributed by atoms with E-state index in [-0.39, 0.29) is 12.4 Å². The quantitative estimate of drug-likeness (QED) is 0.580. The number of aliphatic hydroxyl groups excluding tert-OH is 1. The third-order valence-corrected chi connectivity index (χ3v) is 3.35. The summed E-state index contributed by atoms with van der Waals surface area (Å²) in [6.07, 6.45) is 6.93. The molecule has 0 saturated heterocycles. The maximum atomic E-state index is 13.3. The van der Waals surface area contributed by atoms with Crippen LogP contribution >= 0.6 is 0 Å². The maximum absolute atomic E-state index is 13.3. The van der Waals surface area contributed by atoms with E-state index in [0.717, 1.165) is 13.0 Å². The van der Waals surface area contributed by atoms with E-state index in [1.165, 1.54) is 38.2 Å². The molecule has 0 heterocycles. The smallest absolute Gasteiger partial charge is 0.165 e. The molecule has 0 bridgehead atoms. The summed E-state index contributed by atoms with van der Waals surface area (Å²) in [5.74, 6) is -0.211. The number of hydrogen-bond donors (Lipinski definition) is 2. The Hall–Kier alpha value is -1.13. The van der Waals surface area contributed by atoms with Crippen molar-refractivity contribution in [2.45, 2.75) is 51.6 Å². The van der Waals surface area contributed by atoms with Crippen molar-refractivity contribution in [3.63, 3.8) is 0 Å². The summed E-state index contributed by atoms with van der Waals surface area (Å²) in [4.78, 5) is 0. The Labute approximate surface area is 127 Å². The van der Waals surface area contributed by atoms with Gasteiger partial charge < -0.3 is 15.2 Å². The highest BCUT2D eigenvalue weighted by Crippen LogP contribution is 2.15. The molecule has 1 unspecified atom stereocenters. The SMILES string of the molecule is CCCCCCCCNCC(O)COc1ccccc1F. The molecule has 0 spiro atoms. The fourth-order valence-corrected chi connectivity index (χ4v) is 2.11. The molecule has 1 rings (SSSR count). The van der Waals surface area contributed by atoms with E-state index in [2.05, 4.69) is 12.2 Å². The first-order chi connectivity index (χ1) is 10.2. The van der Waals surface area contributed by atoms with Gasteiger partial charge in [-0.3, -0.25) is 0 Å². The third kappa shape index (κ3) is 8.68. The molecule has 4 heteroatoms. The van der Waals surface area contributed by atoms with E-state index in [1.807, 2.05) is 0 Å². The Bertz CT molecular complexity index is 374. The fraction of sp³-hybridized carbons (Fsp3) is 0.647. The summed E-state index contributed by atoms with van der Waals surface area (Å²) < 4.78 is 18.6. The number of unbranched alkanes of at least 4 members (excludes halogenated alkanes) is 5. The maximum Gasteiger partial charge on any atom is 0.165 e. The molecule has 21 heavy (non-hydrogen) atoms.